The van der Waals surface area contributed by atoms with Gasteiger partial charge in [0.2, 0.25) is 17.7 Å². The number of benzene rings is 2. The van der Waals surface area contributed by atoms with Crippen LogP contribution in [0.5, 0.6) is 0 Å². The number of piperidine rings is 2. The number of allylic oxidation sites excluding steroid dienone is 1. The third kappa shape index (κ3) is 26.5. The molecule has 516 valence electrons. The zero-order valence-corrected chi connectivity index (χ0v) is 59.9. The maximum Gasteiger partial charge on any atom is 0.408 e. The van der Waals surface area contributed by atoms with Crippen molar-refractivity contribution in [1.82, 2.24) is 36.1 Å². The van der Waals surface area contributed by atoms with Crippen molar-refractivity contribution in [3.63, 3.8) is 0 Å². The molecule has 3 aliphatic rings. The zero-order chi connectivity index (χ0) is 68.9. The Morgan fingerprint density at radius 1 is 0.717 bits per heavy atom. The fourth-order valence-corrected chi connectivity index (χ4v) is 14.0. The highest BCUT2D eigenvalue weighted by molar-refractivity contribution is 5.95. The number of hydrogen-bond acceptors (Lipinski definition) is 12. The SMILES string of the molecule is CC(C)C[C@@H](/C=C/CC(=O)NC1CC(C)(C)N(C)C(C)(C)C1)NC(=O)OC(C)(C)C.CC(C)C[C@H](C)/C=C/[C@H](Cc1ccccc1)C(=O)N1CCC[C@H]1C(=O)C[C@H](C(=O)N[C@@H](CCCNC(=O)OCc1ccccc1)C(=O)CC1CC(C)(C)N(O)C(C)(C)C1)C(C)C. The molecule has 0 saturated carbocycles. The predicted molar refractivity (Wildman–Crippen MR) is 367 cm³/mol. The van der Waals surface area contributed by atoms with E-state index in [1.54, 1.807) is 4.90 Å². The zero-order valence-electron chi connectivity index (χ0n) is 59.9. The van der Waals surface area contributed by atoms with Gasteiger partial charge in [-0.2, -0.15) is 5.06 Å². The lowest BCUT2D eigenvalue weighted by Crippen LogP contribution is -2.62. The molecule has 5 amide bonds. The minimum atomic E-state index is -0.840. The summed E-state index contributed by atoms with van der Waals surface area (Å²) in [6.07, 6.45) is 14.7. The number of Topliss-reactive ketones (excluding diaryl/α,β-unsaturated/α-hetero) is 2. The van der Waals surface area contributed by atoms with Gasteiger partial charge in [-0.1, -0.05) is 133 Å². The number of alkyl carbamates (subject to hydrolysis) is 2. The van der Waals surface area contributed by atoms with E-state index in [0.29, 0.717) is 69.2 Å². The average Bonchev–Trinajstić information content (AvgIpc) is 0.908. The van der Waals surface area contributed by atoms with E-state index in [4.69, 9.17) is 9.47 Å². The van der Waals surface area contributed by atoms with Gasteiger partial charge in [0.25, 0.3) is 0 Å². The minimum absolute atomic E-state index is 0.0197. The Morgan fingerprint density at radius 2 is 1.29 bits per heavy atom. The summed E-state index contributed by atoms with van der Waals surface area (Å²) in [5.41, 5.74) is 0.373. The number of carbonyl (C=O) groups is 7. The molecule has 3 heterocycles. The quantitative estimate of drug-likeness (QED) is 0.0380. The first-order chi connectivity index (χ1) is 42.8. The summed E-state index contributed by atoms with van der Waals surface area (Å²) >= 11 is 0. The second kappa shape index (κ2) is 35.6. The van der Waals surface area contributed by atoms with Crippen molar-refractivity contribution in [3.05, 3.63) is 96.1 Å². The molecule has 92 heavy (non-hydrogen) atoms. The summed E-state index contributed by atoms with van der Waals surface area (Å²) < 4.78 is 10.7. The smallest absolute Gasteiger partial charge is 0.408 e. The molecule has 17 nitrogen and oxygen atoms in total. The van der Waals surface area contributed by atoms with Crippen molar-refractivity contribution in [1.29, 1.82) is 0 Å². The van der Waals surface area contributed by atoms with Gasteiger partial charge in [-0.15, -0.1) is 0 Å². The molecule has 0 bridgehead atoms. The lowest BCUT2D eigenvalue weighted by Gasteiger charge is -2.53. The molecule has 0 radical (unpaired) electrons. The molecule has 0 unspecified atom stereocenters. The van der Waals surface area contributed by atoms with Crippen LogP contribution in [0, 0.1) is 41.4 Å². The number of ketones is 2. The van der Waals surface area contributed by atoms with E-state index in [2.05, 4.69) is 102 Å². The van der Waals surface area contributed by atoms with Gasteiger partial charge in [0, 0.05) is 66.5 Å². The van der Waals surface area contributed by atoms with E-state index in [-0.39, 0.29) is 96.7 Å². The lowest BCUT2D eigenvalue weighted by molar-refractivity contribution is -0.251. The third-order valence-electron chi connectivity index (χ3n) is 18.4. The molecule has 2 aromatic rings. The first-order valence-electron chi connectivity index (χ1n) is 34.3. The summed E-state index contributed by atoms with van der Waals surface area (Å²) in [5, 5.41) is 24.2. The number of hydrogen-bond donors (Lipinski definition) is 5. The number of rotatable bonds is 29. The summed E-state index contributed by atoms with van der Waals surface area (Å²) in [6.45, 7) is 37.7. The van der Waals surface area contributed by atoms with Gasteiger partial charge in [-0.25, -0.2) is 9.59 Å². The summed E-state index contributed by atoms with van der Waals surface area (Å²) in [6, 6.07) is 17.9. The second-order valence-corrected chi connectivity index (χ2v) is 31.4. The van der Waals surface area contributed by atoms with Crippen LogP contribution in [0.2, 0.25) is 0 Å². The topological polar surface area (TPSA) is 216 Å². The highest BCUT2D eigenvalue weighted by Crippen LogP contribution is 2.42. The standard InChI is InChI=1S/C51H76N4O7.C24H45N3O3/c1-35(2)28-37(5)24-25-41(29-38-18-12-10-13-19-38)48(59)54-27-17-23-44(54)46(57)31-42(36(3)4)47(58)53-43(22-16-26-52-49(60)62-34-39-20-14-11-15-21-39)45(56)30-40-32-50(6,7)55(61)51(8,9)33-40;1-17(2)14-18(26-21(29)30-22(3,4)5)12-11-13-20(28)25-19-15-23(6,7)27(10)24(8,9)16-19/h10-15,18-21,24-25,35-37,40-44,61H,16-17,22-23,26-34H2,1-9H3,(H,52,60)(H,53,58);11-12,17-19H,13-16H2,1-10H3,(H,25,28)(H,26,29)/b25-24+;12-11+/t37-,41-,42+,43+,44+;18-/m11/s1. The first-order valence-corrected chi connectivity index (χ1v) is 34.3. The maximum absolute atomic E-state index is 14.4. The Kier molecular flexibility index (Phi) is 30.3. The fourth-order valence-electron chi connectivity index (χ4n) is 14.0. The number of hydroxylamine groups is 2. The average molecular weight is 1280 g/mol. The highest BCUT2D eigenvalue weighted by atomic mass is 16.6. The number of carbonyl (C=O) groups excluding carboxylic acids is 7. The van der Waals surface area contributed by atoms with Crippen molar-refractivity contribution in [2.75, 3.05) is 20.1 Å². The van der Waals surface area contributed by atoms with Gasteiger partial charge in [-0.3, -0.25) is 28.9 Å². The molecule has 3 aliphatic heterocycles. The lowest BCUT2D eigenvalue weighted by atomic mass is 9.73. The summed E-state index contributed by atoms with van der Waals surface area (Å²) in [4.78, 5) is 98.4. The number of nitrogens with zero attached hydrogens (tertiary/aromatic N) is 3. The minimum Gasteiger partial charge on any atom is -0.445 e. The molecular formula is C75H121N7O10. The van der Waals surface area contributed by atoms with Crippen molar-refractivity contribution >= 4 is 41.5 Å². The van der Waals surface area contributed by atoms with E-state index in [9.17, 15) is 38.8 Å². The van der Waals surface area contributed by atoms with E-state index in [1.807, 2.05) is 141 Å². The van der Waals surface area contributed by atoms with Crippen LogP contribution in [0.25, 0.3) is 0 Å². The van der Waals surface area contributed by atoms with Crippen LogP contribution in [0.15, 0.2) is 85.0 Å². The Bertz CT molecular complexity index is 2700. The molecule has 6 atom stereocenters. The van der Waals surface area contributed by atoms with Gasteiger partial charge in [0.15, 0.2) is 11.6 Å². The van der Waals surface area contributed by atoms with Crippen LogP contribution in [-0.2, 0) is 46.5 Å². The van der Waals surface area contributed by atoms with E-state index >= 15 is 0 Å². The summed E-state index contributed by atoms with van der Waals surface area (Å²) in [7, 11) is 2.16. The van der Waals surface area contributed by atoms with E-state index in [0.717, 1.165) is 36.8 Å². The van der Waals surface area contributed by atoms with E-state index in [1.165, 1.54) is 5.06 Å². The van der Waals surface area contributed by atoms with Crippen LogP contribution < -0.4 is 21.3 Å². The number of nitrogens with one attached hydrogen (secondary N) is 4. The molecule has 0 spiro atoms. The normalized spacial score (nSPS) is 20.2. The molecule has 0 aromatic heterocycles. The molecule has 0 aliphatic carbocycles. The van der Waals surface area contributed by atoms with Gasteiger partial charge in [0.1, 0.15) is 12.2 Å². The number of amides is 5. The Labute approximate surface area is 554 Å². The molecule has 2 aromatic carbocycles. The van der Waals surface area contributed by atoms with E-state index < -0.39 is 52.8 Å². The van der Waals surface area contributed by atoms with Crippen molar-refractivity contribution in [3.8, 4) is 0 Å². The largest absolute Gasteiger partial charge is 0.445 e. The van der Waals surface area contributed by atoms with Crippen LogP contribution in [0.4, 0.5) is 9.59 Å². The van der Waals surface area contributed by atoms with Crippen molar-refractivity contribution in [2.24, 2.45) is 41.4 Å². The Morgan fingerprint density at radius 3 is 1.85 bits per heavy atom. The number of likely N-dealkylation sites (tertiary alicyclic amines) is 2. The monoisotopic (exact) mass is 1280 g/mol. The Balaban J connectivity index is 0.000000504. The van der Waals surface area contributed by atoms with Crippen LogP contribution in [0.1, 0.15) is 219 Å². The maximum atomic E-state index is 14.4. The van der Waals surface area contributed by atoms with Crippen LogP contribution >= 0.6 is 0 Å². The van der Waals surface area contributed by atoms with Gasteiger partial charge in [0.05, 0.1) is 24.0 Å². The van der Waals surface area contributed by atoms with Crippen molar-refractivity contribution < 1.29 is 48.2 Å². The summed E-state index contributed by atoms with van der Waals surface area (Å²) in [5.74, 6) is -0.786. The first kappa shape index (κ1) is 78.5. The third-order valence-corrected chi connectivity index (χ3v) is 18.4. The van der Waals surface area contributed by atoms with Gasteiger partial charge >= 0.3 is 12.2 Å². The van der Waals surface area contributed by atoms with Crippen molar-refractivity contribution in [2.45, 2.75) is 273 Å². The Hall–Kier alpha value is -5.91. The van der Waals surface area contributed by atoms with Crippen LogP contribution in [-0.4, -0.2) is 134 Å². The highest BCUT2D eigenvalue weighted by Gasteiger charge is 2.47. The molecule has 3 fully saturated rings. The van der Waals surface area contributed by atoms with Gasteiger partial charge in [-0.05, 0) is 195 Å². The predicted octanol–water partition coefficient (Wildman–Crippen LogP) is 13.8. The molecule has 3 saturated heterocycles. The second-order valence-electron chi connectivity index (χ2n) is 31.4. The van der Waals surface area contributed by atoms with Crippen LogP contribution in [0.3, 0.4) is 0 Å². The molecular weight excluding hydrogens is 1160 g/mol. The molecule has 5 N–H and O–H groups in total. The number of ether oxygens (including phenoxy) is 2. The van der Waals surface area contributed by atoms with Gasteiger partial charge < -0.3 is 40.8 Å². The molecule has 5 rings (SSSR count). The fraction of sp³-hybridized carbons (Fsp3) is 0.693. The molecule has 17 heteroatoms.